The summed E-state index contributed by atoms with van der Waals surface area (Å²) in [6.07, 6.45) is 1.69. The number of hydrogen-bond acceptors (Lipinski definition) is 4. The second-order valence-electron chi connectivity index (χ2n) is 11.5. The first-order valence-corrected chi connectivity index (χ1v) is 11.3. The van der Waals surface area contributed by atoms with Crippen molar-refractivity contribution in [3.63, 3.8) is 0 Å². The smallest absolute Gasteiger partial charge is 0.340 e. The van der Waals surface area contributed by atoms with Crippen molar-refractivity contribution in [3.05, 3.63) is 51.8 Å². The molecule has 0 radical (unpaired) electrons. The predicted molar refractivity (Wildman–Crippen MR) is 132 cm³/mol. The van der Waals surface area contributed by atoms with Crippen molar-refractivity contribution in [1.82, 2.24) is 4.68 Å². The third-order valence-corrected chi connectivity index (χ3v) is 5.61. The molecule has 0 spiro atoms. The van der Waals surface area contributed by atoms with Gasteiger partial charge in [0.2, 0.25) is 0 Å². The van der Waals surface area contributed by atoms with Gasteiger partial charge in [-0.05, 0) is 42.4 Å². The molecule has 0 aliphatic heterocycles. The number of hydrogen-bond donors (Lipinski definition) is 1. The van der Waals surface area contributed by atoms with Crippen LogP contribution in [0.15, 0.2) is 23.3 Å². The normalized spacial score (nSPS) is 13.1. The highest BCUT2D eigenvalue weighted by Crippen LogP contribution is 2.37. The van der Waals surface area contributed by atoms with E-state index in [1.54, 1.807) is 17.8 Å². The van der Waals surface area contributed by atoms with Gasteiger partial charge in [-0.2, -0.15) is 5.10 Å². The lowest BCUT2D eigenvalue weighted by Gasteiger charge is -2.27. The summed E-state index contributed by atoms with van der Waals surface area (Å²) < 4.78 is 7.02. The van der Waals surface area contributed by atoms with E-state index in [4.69, 9.17) is 9.84 Å². The Balaban J connectivity index is 2.71. The largest absolute Gasteiger partial charge is 0.507 e. The molecule has 32 heavy (non-hydrogen) atoms. The van der Waals surface area contributed by atoms with Gasteiger partial charge in [0.25, 0.3) is 0 Å². The van der Waals surface area contributed by atoms with Crippen molar-refractivity contribution in [2.75, 3.05) is 6.61 Å². The number of carbonyl (C=O) groups is 1. The molecule has 2 aromatic rings. The van der Waals surface area contributed by atoms with Crippen LogP contribution in [0, 0.1) is 6.92 Å². The molecule has 0 amide bonds. The van der Waals surface area contributed by atoms with Gasteiger partial charge in [-0.3, -0.25) is 0 Å². The first-order valence-electron chi connectivity index (χ1n) is 11.3. The maximum Gasteiger partial charge on any atom is 0.340 e. The number of rotatable bonds is 4. The highest BCUT2D eigenvalue weighted by molar-refractivity contribution is 5.91. The van der Waals surface area contributed by atoms with Crippen molar-refractivity contribution in [3.8, 4) is 5.75 Å². The van der Waals surface area contributed by atoms with Crippen LogP contribution in [-0.4, -0.2) is 28.6 Å². The second-order valence-corrected chi connectivity index (χ2v) is 11.5. The molecule has 0 aliphatic carbocycles. The quantitative estimate of drug-likeness (QED) is 0.439. The van der Waals surface area contributed by atoms with Gasteiger partial charge >= 0.3 is 5.97 Å². The zero-order chi connectivity index (χ0) is 24.6. The Bertz CT molecular complexity index is 1020. The summed E-state index contributed by atoms with van der Waals surface area (Å²) in [5.74, 6) is -0.112. The minimum Gasteiger partial charge on any atom is -0.507 e. The molecule has 2 rings (SSSR count). The molecule has 5 heteroatoms. The van der Waals surface area contributed by atoms with E-state index in [1.165, 1.54) is 0 Å². The van der Waals surface area contributed by atoms with Crippen LogP contribution in [0.2, 0.25) is 0 Å². The maximum atomic E-state index is 12.5. The first-order chi connectivity index (χ1) is 14.5. The number of aromatic nitrogens is 1. The molecule has 0 saturated heterocycles. The molecule has 1 heterocycles. The van der Waals surface area contributed by atoms with Crippen molar-refractivity contribution in [2.24, 2.45) is 5.10 Å². The molecule has 0 bridgehead atoms. The third-order valence-electron chi connectivity index (χ3n) is 5.61. The number of phenols is 1. The first kappa shape index (κ1) is 25.7. The topological polar surface area (TPSA) is 63.8 Å². The molecular weight excluding hydrogens is 400 g/mol. The number of phenolic OH excluding ortho intramolecular Hbond substituents is 1. The zero-order valence-electron chi connectivity index (χ0n) is 21.7. The highest BCUT2D eigenvalue weighted by Gasteiger charge is 2.27. The van der Waals surface area contributed by atoms with Crippen molar-refractivity contribution in [1.29, 1.82) is 0 Å². The van der Waals surface area contributed by atoms with Gasteiger partial charge in [0.05, 0.1) is 24.1 Å². The number of aromatic hydroxyl groups is 1. The van der Waals surface area contributed by atoms with Crippen LogP contribution in [0.5, 0.6) is 5.75 Å². The molecule has 1 N–H and O–H groups in total. The minimum atomic E-state index is -0.350. The SMILES string of the molecule is CCOC(=O)c1cc(C(C)(C)C)n(/N=C/c2cc(C(C)(C)C)cc(C(C)(C)C)c2O)c1C. The van der Waals surface area contributed by atoms with E-state index < -0.39 is 0 Å². The Morgan fingerprint density at radius 3 is 2.06 bits per heavy atom. The number of benzene rings is 1. The number of carbonyl (C=O) groups excluding carboxylic acids is 1. The van der Waals surface area contributed by atoms with E-state index in [-0.39, 0.29) is 28.0 Å². The fourth-order valence-electron chi connectivity index (χ4n) is 3.58. The summed E-state index contributed by atoms with van der Waals surface area (Å²) in [5.41, 5.74) is 4.28. The molecule has 0 fully saturated rings. The van der Waals surface area contributed by atoms with Crippen LogP contribution in [0.1, 0.15) is 108 Å². The third kappa shape index (κ3) is 5.43. The van der Waals surface area contributed by atoms with Crippen LogP contribution in [0.3, 0.4) is 0 Å². The van der Waals surface area contributed by atoms with Crippen LogP contribution in [0.4, 0.5) is 0 Å². The molecule has 5 nitrogen and oxygen atoms in total. The summed E-state index contributed by atoms with van der Waals surface area (Å²) in [5, 5.41) is 15.8. The molecule has 1 aromatic heterocycles. The fourth-order valence-corrected chi connectivity index (χ4v) is 3.58. The van der Waals surface area contributed by atoms with Crippen molar-refractivity contribution < 1.29 is 14.6 Å². The van der Waals surface area contributed by atoms with Crippen molar-refractivity contribution >= 4 is 12.2 Å². The van der Waals surface area contributed by atoms with Crippen LogP contribution in [-0.2, 0) is 21.0 Å². The van der Waals surface area contributed by atoms with Crippen LogP contribution >= 0.6 is 0 Å². The number of nitrogens with zero attached hydrogens (tertiary/aromatic N) is 2. The summed E-state index contributed by atoms with van der Waals surface area (Å²) in [4.78, 5) is 12.5. The second kappa shape index (κ2) is 8.76. The van der Waals surface area contributed by atoms with Crippen LogP contribution in [0.25, 0.3) is 0 Å². The van der Waals surface area contributed by atoms with E-state index in [0.29, 0.717) is 23.4 Å². The van der Waals surface area contributed by atoms with E-state index >= 15 is 0 Å². The number of esters is 1. The summed E-state index contributed by atoms with van der Waals surface area (Å²) in [7, 11) is 0. The van der Waals surface area contributed by atoms with Gasteiger partial charge in [-0.25, -0.2) is 9.47 Å². The Morgan fingerprint density at radius 1 is 1.00 bits per heavy atom. The fraction of sp³-hybridized carbons (Fsp3) is 0.556. The lowest BCUT2D eigenvalue weighted by Crippen LogP contribution is -2.18. The Kier molecular flexibility index (Phi) is 7.04. The van der Waals surface area contributed by atoms with E-state index in [1.807, 2.05) is 19.1 Å². The lowest BCUT2D eigenvalue weighted by molar-refractivity contribution is 0.0525. The molecule has 0 atom stereocenters. The van der Waals surface area contributed by atoms with Gasteiger partial charge in [-0.15, -0.1) is 0 Å². The average Bonchev–Trinajstić information content (AvgIpc) is 2.96. The van der Waals surface area contributed by atoms with Crippen molar-refractivity contribution in [2.45, 2.75) is 92.4 Å². The van der Waals surface area contributed by atoms with E-state index in [2.05, 4.69) is 68.4 Å². The van der Waals surface area contributed by atoms with Crippen LogP contribution < -0.4 is 0 Å². The van der Waals surface area contributed by atoms with Gasteiger partial charge in [0, 0.05) is 22.2 Å². The number of ether oxygens (including phenoxy) is 1. The standard InChI is InChI=1S/C27H40N2O3/c1-12-32-24(31)20-15-22(27(9,10)11)29(17(20)2)28-16-18-13-19(25(3,4)5)14-21(23(18)30)26(6,7)8/h13-16,30H,12H2,1-11H3/b28-16+. The maximum absolute atomic E-state index is 12.5. The minimum absolute atomic E-state index is 0.0761. The van der Waals surface area contributed by atoms with Gasteiger partial charge in [0.1, 0.15) is 5.75 Å². The van der Waals surface area contributed by atoms with E-state index in [0.717, 1.165) is 16.8 Å². The molecule has 0 unspecified atom stereocenters. The zero-order valence-corrected chi connectivity index (χ0v) is 21.7. The van der Waals surface area contributed by atoms with Gasteiger partial charge in [0.15, 0.2) is 0 Å². The monoisotopic (exact) mass is 440 g/mol. The lowest BCUT2D eigenvalue weighted by atomic mass is 9.79. The Hall–Kier alpha value is -2.56. The predicted octanol–water partition coefficient (Wildman–Crippen LogP) is 6.45. The molecule has 0 saturated carbocycles. The molecular formula is C27H40N2O3. The molecule has 0 aliphatic rings. The molecule has 1 aromatic carbocycles. The summed E-state index contributed by atoms with van der Waals surface area (Å²) in [6, 6.07) is 5.94. The Morgan fingerprint density at radius 2 is 1.59 bits per heavy atom. The summed E-state index contributed by atoms with van der Waals surface area (Å²) in [6.45, 7) is 23.0. The highest BCUT2D eigenvalue weighted by atomic mass is 16.5. The summed E-state index contributed by atoms with van der Waals surface area (Å²) >= 11 is 0. The average molecular weight is 441 g/mol. The molecule has 176 valence electrons. The Labute approximate surface area is 193 Å². The van der Waals surface area contributed by atoms with Gasteiger partial charge < -0.3 is 9.84 Å². The van der Waals surface area contributed by atoms with Gasteiger partial charge in [-0.1, -0.05) is 68.4 Å². The van der Waals surface area contributed by atoms with E-state index in [9.17, 15) is 9.90 Å².